The number of fused-ring (bicyclic) bond motifs is 1. The van der Waals surface area contributed by atoms with Gasteiger partial charge in [0.1, 0.15) is 17.3 Å². The van der Waals surface area contributed by atoms with Crippen LogP contribution in [0, 0.1) is 5.82 Å². The molecule has 1 aromatic heterocycles. The summed E-state index contributed by atoms with van der Waals surface area (Å²) in [7, 11) is 1.93. The number of anilines is 1. The van der Waals surface area contributed by atoms with E-state index in [4.69, 9.17) is 4.74 Å². The Kier molecular flexibility index (Phi) is 7.15. The maximum Gasteiger partial charge on any atom is 0.275 e. The van der Waals surface area contributed by atoms with E-state index >= 15 is 0 Å². The van der Waals surface area contributed by atoms with Gasteiger partial charge in [0.05, 0.1) is 16.9 Å². The summed E-state index contributed by atoms with van der Waals surface area (Å²) in [5.74, 6) is 0.867. The van der Waals surface area contributed by atoms with Crippen LogP contribution in [-0.2, 0) is 6.42 Å². The molecule has 0 aliphatic carbocycles. The predicted molar refractivity (Wildman–Crippen MR) is 142 cm³/mol. The molecule has 10 heteroatoms. The molecule has 1 unspecified atom stereocenters. The summed E-state index contributed by atoms with van der Waals surface area (Å²) in [6.45, 7) is 4.24. The lowest BCUT2D eigenvalue weighted by molar-refractivity contribution is 0.0747. The van der Waals surface area contributed by atoms with Gasteiger partial charge in [-0.15, -0.1) is 11.8 Å². The number of benzene rings is 2. The van der Waals surface area contributed by atoms with Gasteiger partial charge in [-0.25, -0.2) is 9.37 Å². The number of carbonyl (C=O) groups is 2. The van der Waals surface area contributed by atoms with Gasteiger partial charge in [0.15, 0.2) is 5.13 Å². The minimum atomic E-state index is -0.329. The van der Waals surface area contributed by atoms with Crippen LogP contribution in [0.5, 0.6) is 5.75 Å². The Morgan fingerprint density at radius 2 is 2.06 bits per heavy atom. The second-order valence-corrected chi connectivity index (χ2v) is 10.9. The summed E-state index contributed by atoms with van der Waals surface area (Å²) in [6, 6.07) is 11.6. The number of ether oxygens (including phenoxy) is 1. The summed E-state index contributed by atoms with van der Waals surface area (Å²) in [4.78, 5) is 35.9. The van der Waals surface area contributed by atoms with Crippen molar-refractivity contribution in [3.63, 3.8) is 0 Å². The van der Waals surface area contributed by atoms with Gasteiger partial charge in [0, 0.05) is 50.0 Å². The molecule has 2 amide bonds. The number of halogens is 1. The van der Waals surface area contributed by atoms with E-state index in [1.807, 2.05) is 37.1 Å². The SMILES string of the molecule is CCN(C)c1nc(C(=O)N2CCSC2CNC(=O)c2cccc3c2CCO3)c(-c2ccc(F)cc2)s1. The van der Waals surface area contributed by atoms with Gasteiger partial charge < -0.3 is 19.9 Å². The Hall–Kier alpha value is -3.11. The topological polar surface area (TPSA) is 74.8 Å². The Balaban J connectivity index is 1.35. The molecule has 2 aliphatic rings. The van der Waals surface area contributed by atoms with Crippen LogP contribution in [-0.4, -0.2) is 66.1 Å². The van der Waals surface area contributed by atoms with Crippen LogP contribution < -0.4 is 15.0 Å². The first-order valence-electron chi connectivity index (χ1n) is 11.9. The van der Waals surface area contributed by atoms with Crippen LogP contribution in [0.3, 0.4) is 0 Å². The first-order chi connectivity index (χ1) is 17.5. The highest BCUT2D eigenvalue weighted by molar-refractivity contribution is 8.00. The highest BCUT2D eigenvalue weighted by atomic mass is 32.2. The second kappa shape index (κ2) is 10.5. The number of thioether (sulfide) groups is 1. The molecule has 2 aromatic carbocycles. The monoisotopic (exact) mass is 526 g/mol. The molecule has 36 heavy (non-hydrogen) atoms. The molecular formula is C26H27FN4O3S2. The third-order valence-electron chi connectivity index (χ3n) is 6.40. The lowest BCUT2D eigenvalue weighted by atomic mass is 10.0. The van der Waals surface area contributed by atoms with Gasteiger partial charge in [-0.2, -0.15) is 0 Å². The third-order valence-corrected chi connectivity index (χ3v) is 8.84. The number of hydrogen-bond acceptors (Lipinski definition) is 7. The molecule has 5 rings (SSSR count). The zero-order valence-corrected chi connectivity index (χ0v) is 21.8. The van der Waals surface area contributed by atoms with Crippen LogP contribution in [0.1, 0.15) is 33.3 Å². The Morgan fingerprint density at radius 1 is 1.25 bits per heavy atom. The molecule has 0 radical (unpaired) electrons. The van der Waals surface area contributed by atoms with Crippen LogP contribution in [0.25, 0.3) is 10.4 Å². The fourth-order valence-electron chi connectivity index (χ4n) is 4.32. The first-order valence-corrected chi connectivity index (χ1v) is 13.8. The Labute approximate surface area is 217 Å². The molecule has 1 fully saturated rings. The van der Waals surface area contributed by atoms with Crippen molar-refractivity contribution in [2.24, 2.45) is 0 Å². The molecule has 1 atom stereocenters. The van der Waals surface area contributed by atoms with Gasteiger partial charge in [-0.05, 0) is 36.8 Å². The third kappa shape index (κ3) is 4.79. The molecule has 2 aliphatic heterocycles. The molecule has 1 saturated heterocycles. The normalized spacial score (nSPS) is 16.5. The molecule has 1 N–H and O–H groups in total. The van der Waals surface area contributed by atoms with Crippen LogP contribution in [0.4, 0.5) is 9.52 Å². The van der Waals surface area contributed by atoms with Gasteiger partial charge in [0.25, 0.3) is 11.8 Å². The summed E-state index contributed by atoms with van der Waals surface area (Å²) >= 11 is 3.06. The van der Waals surface area contributed by atoms with E-state index < -0.39 is 0 Å². The number of nitrogens with one attached hydrogen (secondary N) is 1. The average molecular weight is 527 g/mol. The number of nitrogens with zero attached hydrogens (tertiary/aromatic N) is 3. The maximum absolute atomic E-state index is 13.7. The predicted octanol–water partition coefficient (Wildman–Crippen LogP) is 4.29. The van der Waals surface area contributed by atoms with Crippen molar-refractivity contribution in [3.05, 3.63) is 65.1 Å². The van der Waals surface area contributed by atoms with E-state index in [2.05, 4.69) is 10.3 Å². The highest BCUT2D eigenvalue weighted by Gasteiger charge is 2.34. The minimum absolute atomic E-state index is 0.162. The van der Waals surface area contributed by atoms with E-state index in [0.29, 0.717) is 37.4 Å². The number of amides is 2. The molecule has 0 saturated carbocycles. The molecule has 0 bridgehead atoms. The quantitative estimate of drug-likeness (QED) is 0.495. The van der Waals surface area contributed by atoms with E-state index in [0.717, 1.165) is 39.2 Å². The van der Waals surface area contributed by atoms with Crippen molar-refractivity contribution >= 4 is 40.0 Å². The van der Waals surface area contributed by atoms with Gasteiger partial charge >= 0.3 is 0 Å². The fourth-order valence-corrected chi connectivity index (χ4v) is 6.56. The highest BCUT2D eigenvalue weighted by Crippen LogP contribution is 2.37. The van der Waals surface area contributed by atoms with Crippen molar-refractivity contribution in [1.82, 2.24) is 15.2 Å². The molecule has 3 heterocycles. The molecule has 3 aromatic rings. The largest absolute Gasteiger partial charge is 0.493 e. The Bertz CT molecular complexity index is 1280. The first kappa shape index (κ1) is 24.6. The molecule has 7 nitrogen and oxygen atoms in total. The van der Waals surface area contributed by atoms with Crippen molar-refractivity contribution in [2.75, 3.05) is 43.9 Å². The smallest absolute Gasteiger partial charge is 0.275 e. The molecule has 188 valence electrons. The Morgan fingerprint density at radius 3 is 2.83 bits per heavy atom. The maximum atomic E-state index is 13.7. The van der Waals surface area contributed by atoms with Crippen molar-refractivity contribution in [1.29, 1.82) is 0 Å². The average Bonchev–Trinajstić information content (AvgIpc) is 3.66. The van der Waals surface area contributed by atoms with Crippen molar-refractivity contribution in [2.45, 2.75) is 18.7 Å². The number of thiazole rings is 1. The second-order valence-electron chi connectivity index (χ2n) is 8.61. The lowest BCUT2D eigenvalue weighted by Gasteiger charge is -2.24. The number of rotatable bonds is 7. The zero-order chi connectivity index (χ0) is 25.2. The van der Waals surface area contributed by atoms with Crippen LogP contribution in [0.15, 0.2) is 42.5 Å². The van der Waals surface area contributed by atoms with Gasteiger partial charge in [0.2, 0.25) is 0 Å². The van der Waals surface area contributed by atoms with E-state index in [1.165, 1.54) is 23.5 Å². The summed E-state index contributed by atoms with van der Waals surface area (Å²) in [5.41, 5.74) is 2.67. The van der Waals surface area contributed by atoms with Crippen molar-refractivity contribution in [3.8, 4) is 16.2 Å². The van der Waals surface area contributed by atoms with E-state index in [9.17, 15) is 14.0 Å². The van der Waals surface area contributed by atoms with E-state index in [1.54, 1.807) is 28.8 Å². The number of hydrogen-bond donors (Lipinski definition) is 1. The van der Waals surface area contributed by atoms with Gasteiger partial charge in [-0.3, -0.25) is 9.59 Å². The fraction of sp³-hybridized carbons (Fsp3) is 0.346. The number of aromatic nitrogens is 1. The van der Waals surface area contributed by atoms with Crippen LogP contribution >= 0.6 is 23.1 Å². The van der Waals surface area contributed by atoms with E-state index in [-0.39, 0.29) is 23.0 Å². The summed E-state index contributed by atoms with van der Waals surface area (Å²) in [5, 5.41) is 3.54. The summed E-state index contributed by atoms with van der Waals surface area (Å²) < 4.78 is 19.1. The number of carbonyl (C=O) groups excluding carboxylic acids is 2. The van der Waals surface area contributed by atoms with Gasteiger partial charge in [-0.1, -0.05) is 29.5 Å². The zero-order valence-electron chi connectivity index (χ0n) is 20.1. The lowest BCUT2D eigenvalue weighted by Crippen LogP contribution is -2.42. The standard InChI is InChI=1S/C26H27FN4O3S2/c1-3-30(2)26-29-22(23(36-26)16-7-9-17(27)10-8-16)25(33)31-12-14-35-21(31)15-28-24(32)19-5-4-6-20-18(19)11-13-34-20/h4-10,21H,3,11-15H2,1-2H3,(H,28,32). The minimum Gasteiger partial charge on any atom is -0.493 e. The molecule has 0 spiro atoms. The van der Waals surface area contributed by atoms with Crippen LogP contribution in [0.2, 0.25) is 0 Å². The molecular weight excluding hydrogens is 499 g/mol. The van der Waals surface area contributed by atoms with Crippen molar-refractivity contribution < 1.29 is 18.7 Å². The summed E-state index contributed by atoms with van der Waals surface area (Å²) in [6.07, 6.45) is 0.715.